The van der Waals surface area contributed by atoms with Gasteiger partial charge in [-0.25, -0.2) is 4.39 Å². The number of carbonyl (C=O) groups is 1. The zero-order valence-electron chi connectivity index (χ0n) is 10.2. The molecule has 2 aromatic carbocycles. The first kappa shape index (κ1) is 13.5. The van der Waals surface area contributed by atoms with Crippen LogP contribution in [-0.4, -0.2) is 5.91 Å². The van der Waals surface area contributed by atoms with Crippen molar-refractivity contribution in [3.8, 4) is 0 Å². The van der Waals surface area contributed by atoms with Crippen LogP contribution in [-0.2, 0) is 0 Å². The van der Waals surface area contributed by atoms with Crippen molar-refractivity contribution in [2.75, 3.05) is 11.1 Å². The Kier molecular flexibility index (Phi) is 3.85. The normalized spacial score (nSPS) is 10.3. The topological polar surface area (TPSA) is 55.1 Å². The lowest BCUT2D eigenvalue weighted by Crippen LogP contribution is -2.14. The third kappa shape index (κ3) is 2.76. The zero-order chi connectivity index (χ0) is 14.0. The Morgan fingerprint density at radius 1 is 1.26 bits per heavy atom. The van der Waals surface area contributed by atoms with Gasteiger partial charge in [-0.1, -0.05) is 12.1 Å². The second-order valence-electron chi connectivity index (χ2n) is 4.08. The first-order valence-electron chi connectivity index (χ1n) is 5.61. The van der Waals surface area contributed by atoms with Crippen LogP contribution in [0.25, 0.3) is 0 Å². The predicted octanol–water partition coefficient (Wildman–Crippen LogP) is 3.73. The Morgan fingerprint density at radius 2 is 1.95 bits per heavy atom. The fraction of sp³-hybridized carbons (Fsp3) is 0.0714. The van der Waals surface area contributed by atoms with E-state index >= 15 is 0 Å². The Labute approximate surface area is 118 Å². The molecule has 98 valence electrons. The number of carbonyl (C=O) groups excluding carboxylic acids is 1. The van der Waals surface area contributed by atoms with Gasteiger partial charge in [-0.15, -0.1) is 0 Å². The maximum atomic E-state index is 13.4. The molecule has 0 fully saturated rings. The summed E-state index contributed by atoms with van der Waals surface area (Å²) >= 11 is 3.07. The highest BCUT2D eigenvalue weighted by Gasteiger charge is 2.14. The number of nitrogen functional groups attached to an aromatic ring is 1. The molecule has 0 saturated carbocycles. The van der Waals surface area contributed by atoms with E-state index in [0.717, 1.165) is 5.56 Å². The molecule has 3 nitrogen and oxygen atoms in total. The van der Waals surface area contributed by atoms with E-state index in [0.29, 0.717) is 11.4 Å². The van der Waals surface area contributed by atoms with Crippen LogP contribution in [0.3, 0.4) is 0 Å². The lowest BCUT2D eigenvalue weighted by Gasteiger charge is -2.11. The molecule has 19 heavy (non-hydrogen) atoms. The van der Waals surface area contributed by atoms with Gasteiger partial charge >= 0.3 is 0 Å². The Morgan fingerprint density at radius 3 is 2.68 bits per heavy atom. The van der Waals surface area contributed by atoms with Gasteiger partial charge in [0.25, 0.3) is 5.91 Å². The summed E-state index contributed by atoms with van der Waals surface area (Å²) in [5, 5.41) is 2.72. The number of nitrogens with two attached hydrogens (primary N) is 1. The van der Waals surface area contributed by atoms with E-state index in [1.807, 2.05) is 6.92 Å². The molecule has 0 radical (unpaired) electrons. The summed E-state index contributed by atoms with van der Waals surface area (Å²) in [6.45, 7) is 1.81. The molecule has 5 heteroatoms. The van der Waals surface area contributed by atoms with E-state index in [2.05, 4.69) is 21.2 Å². The number of hydrogen-bond donors (Lipinski definition) is 2. The van der Waals surface area contributed by atoms with Crippen molar-refractivity contribution in [3.63, 3.8) is 0 Å². The van der Waals surface area contributed by atoms with E-state index in [-0.39, 0.29) is 15.9 Å². The zero-order valence-corrected chi connectivity index (χ0v) is 11.8. The van der Waals surface area contributed by atoms with Crippen LogP contribution in [0.5, 0.6) is 0 Å². The third-order valence-corrected chi connectivity index (χ3v) is 3.63. The van der Waals surface area contributed by atoms with Crippen molar-refractivity contribution in [3.05, 3.63) is 57.8 Å². The molecule has 0 aromatic heterocycles. The number of hydrogen-bond acceptors (Lipinski definition) is 2. The van der Waals surface area contributed by atoms with Crippen molar-refractivity contribution >= 4 is 33.2 Å². The van der Waals surface area contributed by atoms with Gasteiger partial charge in [0, 0.05) is 11.4 Å². The molecule has 0 saturated heterocycles. The molecule has 0 aliphatic rings. The minimum Gasteiger partial charge on any atom is -0.398 e. The highest BCUT2D eigenvalue weighted by molar-refractivity contribution is 9.10. The lowest BCUT2D eigenvalue weighted by atomic mass is 10.1. The van der Waals surface area contributed by atoms with E-state index in [4.69, 9.17) is 5.73 Å². The summed E-state index contributed by atoms with van der Waals surface area (Å²) in [5.74, 6) is -0.864. The summed E-state index contributed by atoms with van der Waals surface area (Å²) < 4.78 is 13.5. The second kappa shape index (κ2) is 5.40. The van der Waals surface area contributed by atoms with Gasteiger partial charge in [0.05, 0.1) is 10.0 Å². The van der Waals surface area contributed by atoms with Gasteiger partial charge in [0.1, 0.15) is 5.82 Å². The summed E-state index contributed by atoms with van der Waals surface area (Å²) in [7, 11) is 0. The third-order valence-electron chi connectivity index (χ3n) is 2.82. The smallest absolute Gasteiger partial charge is 0.256 e. The van der Waals surface area contributed by atoms with Crippen LogP contribution in [0.2, 0.25) is 0 Å². The average Bonchev–Trinajstić information content (AvgIpc) is 2.38. The van der Waals surface area contributed by atoms with Crippen molar-refractivity contribution in [1.29, 1.82) is 0 Å². The molecular formula is C14H12BrFN2O. The molecular weight excluding hydrogens is 311 g/mol. The molecule has 1 amide bonds. The summed E-state index contributed by atoms with van der Waals surface area (Å²) in [4.78, 5) is 12.1. The van der Waals surface area contributed by atoms with Crippen LogP contribution in [0.15, 0.2) is 40.9 Å². The maximum Gasteiger partial charge on any atom is 0.256 e. The number of halogens is 2. The van der Waals surface area contributed by atoms with Crippen LogP contribution in [0.4, 0.5) is 15.8 Å². The largest absolute Gasteiger partial charge is 0.398 e. The molecule has 0 atom stereocenters. The molecule has 0 aliphatic heterocycles. The number of rotatable bonds is 2. The molecule has 0 unspecified atom stereocenters. The minimum atomic E-state index is -0.475. The van der Waals surface area contributed by atoms with Crippen LogP contribution in [0.1, 0.15) is 15.9 Å². The highest BCUT2D eigenvalue weighted by Crippen LogP contribution is 2.24. The first-order chi connectivity index (χ1) is 9.00. The number of benzene rings is 2. The molecule has 2 rings (SSSR count). The van der Waals surface area contributed by atoms with Gasteiger partial charge in [0.15, 0.2) is 0 Å². The lowest BCUT2D eigenvalue weighted by molar-refractivity contribution is 0.102. The van der Waals surface area contributed by atoms with Crippen LogP contribution < -0.4 is 11.1 Å². The maximum absolute atomic E-state index is 13.4. The van der Waals surface area contributed by atoms with Crippen molar-refractivity contribution < 1.29 is 9.18 Å². The molecule has 0 heterocycles. The van der Waals surface area contributed by atoms with Crippen molar-refractivity contribution in [2.45, 2.75) is 6.92 Å². The average molecular weight is 323 g/mol. The number of anilines is 2. The summed E-state index contributed by atoms with van der Waals surface area (Å²) in [6.07, 6.45) is 0. The van der Waals surface area contributed by atoms with Gasteiger partial charge in [-0.2, -0.15) is 0 Å². The second-order valence-corrected chi connectivity index (χ2v) is 4.87. The van der Waals surface area contributed by atoms with Crippen LogP contribution >= 0.6 is 15.9 Å². The van der Waals surface area contributed by atoms with Gasteiger partial charge in [-0.3, -0.25) is 4.79 Å². The van der Waals surface area contributed by atoms with E-state index in [9.17, 15) is 9.18 Å². The first-order valence-corrected chi connectivity index (χ1v) is 6.40. The number of amides is 1. The minimum absolute atomic E-state index is 0.147. The molecule has 3 N–H and O–H groups in total. The predicted molar refractivity (Wildman–Crippen MR) is 77.6 cm³/mol. The van der Waals surface area contributed by atoms with Crippen LogP contribution in [0, 0.1) is 12.7 Å². The quantitative estimate of drug-likeness (QED) is 0.828. The fourth-order valence-electron chi connectivity index (χ4n) is 1.66. The van der Waals surface area contributed by atoms with Gasteiger partial charge in [0.2, 0.25) is 0 Å². The standard InChI is InChI=1S/C14H12BrFN2O/c1-8-11(17)6-3-7-12(8)18-14(19)9-4-2-5-10(16)13(9)15/h2-7H,17H2,1H3,(H,18,19). The van der Waals surface area contributed by atoms with Gasteiger partial charge < -0.3 is 11.1 Å². The van der Waals surface area contributed by atoms with E-state index in [1.165, 1.54) is 12.1 Å². The molecule has 0 aliphatic carbocycles. The van der Waals surface area contributed by atoms with Gasteiger partial charge in [-0.05, 0) is 52.7 Å². The van der Waals surface area contributed by atoms with Crippen molar-refractivity contribution in [2.24, 2.45) is 0 Å². The van der Waals surface area contributed by atoms with E-state index < -0.39 is 5.82 Å². The monoisotopic (exact) mass is 322 g/mol. The Balaban J connectivity index is 2.31. The number of nitrogens with one attached hydrogen (secondary N) is 1. The van der Waals surface area contributed by atoms with E-state index in [1.54, 1.807) is 24.3 Å². The summed E-state index contributed by atoms with van der Waals surface area (Å²) in [6, 6.07) is 9.57. The molecule has 0 bridgehead atoms. The fourth-order valence-corrected chi connectivity index (χ4v) is 2.10. The molecule has 0 spiro atoms. The SMILES string of the molecule is Cc1c(N)cccc1NC(=O)c1cccc(F)c1Br. The Bertz CT molecular complexity index is 643. The van der Waals surface area contributed by atoms with Crippen molar-refractivity contribution in [1.82, 2.24) is 0 Å². The molecule has 2 aromatic rings. The summed E-state index contributed by atoms with van der Waals surface area (Å²) in [5.41, 5.74) is 7.99. The highest BCUT2D eigenvalue weighted by atomic mass is 79.9. The Hall–Kier alpha value is -1.88.